The van der Waals surface area contributed by atoms with Crippen LogP contribution < -0.4 is 5.73 Å². The largest absolute Gasteiger partial charge is 0.398 e. The summed E-state index contributed by atoms with van der Waals surface area (Å²) >= 11 is 0. The number of ketones is 1. The smallest absolute Gasteiger partial charge is 0.227 e. The van der Waals surface area contributed by atoms with Crippen molar-refractivity contribution in [2.24, 2.45) is 0 Å². The number of likely N-dealkylation sites (N-methyl/N-ethyl adjacent to an activating group) is 1. The highest BCUT2D eigenvalue weighted by Crippen LogP contribution is 2.36. The first-order chi connectivity index (χ1) is 10.6. The Hall–Kier alpha value is -2.46. The molecule has 0 bridgehead atoms. The van der Waals surface area contributed by atoms with E-state index in [9.17, 15) is 9.59 Å². The molecule has 4 nitrogen and oxygen atoms in total. The number of Topliss-reactive ketones (excluding diaryl/α,β-unsaturated/α-hetero) is 1. The fourth-order valence-electron chi connectivity index (χ4n) is 3.06. The molecule has 2 aromatic carbocycles. The van der Waals surface area contributed by atoms with Gasteiger partial charge in [0, 0.05) is 24.3 Å². The SMILES string of the molecule is CN1CCc2c(-c3ccccc3)cc(C(=O)C=O)c(N)c2C1. The summed E-state index contributed by atoms with van der Waals surface area (Å²) in [5, 5.41) is 0. The van der Waals surface area contributed by atoms with E-state index in [1.54, 1.807) is 6.07 Å². The Labute approximate surface area is 129 Å². The summed E-state index contributed by atoms with van der Waals surface area (Å²) in [6, 6.07) is 11.7. The van der Waals surface area contributed by atoms with Crippen LogP contribution in [-0.4, -0.2) is 30.6 Å². The van der Waals surface area contributed by atoms with Gasteiger partial charge in [-0.3, -0.25) is 9.59 Å². The molecule has 2 N–H and O–H groups in total. The van der Waals surface area contributed by atoms with Crippen LogP contribution in [0.5, 0.6) is 0 Å². The first-order valence-electron chi connectivity index (χ1n) is 7.29. The second-order valence-electron chi connectivity index (χ2n) is 5.68. The van der Waals surface area contributed by atoms with E-state index in [4.69, 9.17) is 5.73 Å². The summed E-state index contributed by atoms with van der Waals surface area (Å²) in [4.78, 5) is 25.0. The maximum absolute atomic E-state index is 11.9. The molecule has 0 fully saturated rings. The Kier molecular flexibility index (Phi) is 3.77. The van der Waals surface area contributed by atoms with E-state index in [-0.39, 0.29) is 0 Å². The second-order valence-corrected chi connectivity index (χ2v) is 5.68. The third-order valence-electron chi connectivity index (χ3n) is 4.22. The van der Waals surface area contributed by atoms with Crippen molar-refractivity contribution in [1.82, 2.24) is 4.90 Å². The number of fused-ring (bicyclic) bond motifs is 1. The molecule has 0 saturated carbocycles. The van der Waals surface area contributed by atoms with Crippen molar-refractivity contribution in [2.75, 3.05) is 19.3 Å². The zero-order valence-electron chi connectivity index (χ0n) is 12.5. The van der Waals surface area contributed by atoms with Crippen LogP contribution in [0.3, 0.4) is 0 Å². The molecule has 0 amide bonds. The van der Waals surface area contributed by atoms with Gasteiger partial charge in [-0.05, 0) is 41.8 Å². The number of nitrogens with zero attached hydrogens (tertiary/aromatic N) is 1. The maximum atomic E-state index is 11.9. The van der Waals surface area contributed by atoms with E-state index in [0.717, 1.165) is 29.7 Å². The topological polar surface area (TPSA) is 63.4 Å². The van der Waals surface area contributed by atoms with Crippen LogP contribution in [0.2, 0.25) is 0 Å². The number of nitrogens with two attached hydrogens (primary N) is 1. The van der Waals surface area contributed by atoms with Crippen molar-refractivity contribution in [3.63, 3.8) is 0 Å². The van der Waals surface area contributed by atoms with Crippen LogP contribution >= 0.6 is 0 Å². The normalized spacial score (nSPS) is 14.4. The average Bonchev–Trinajstić information content (AvgIpc) is 2.56. The van der Waals surface area contributed by atoms with Gasteiger partial charge in [-0.1, -0.05) is 30.3 Å². The Morgan fingerprint density at radius 1 is 1.23 bits per heavy atom. The summed E-state index contributed by atoms with van der Waals surface area (Å²) < 4.78 is 0. The number of carbonyl (C=O) groups is 2. The molecule has 0 atom stereocenters. The quantitative estimate of drug-likeness (QED) is 0.408. The number of hydrogen-bond acceptors (Lipinski definition) is 4. The number of anilines is 1. The minimum absolute atomic E-state index is 0.308. The molecular weight excluding hydrogens is 276 g/mol. The molecule has 1 heterocycles. The van der Waals surface area contributed by atoms with E-state index in [2.05, 4.69) is 4.90 Å². The number of aldehydes is 1. The number of rotatable bonds is 3. The minimum atomic E-state index is -0.564. The van der Waals surface area contributed by atoms with E-state index in [1.807, 2.05) is 37.4 Å². The van der Waals surface area contributed by atoms with Crippen molar-refractivity contribution >= 4 is 17.8 Å². The standard InChI is InChI=1S/C18H18N2O2/c1-20-8-7-13-14(12-5-3-2-4-6-12)9-15(17(22)11-21)18(19)16(13)10-20/h2-6,9,11H,7-8,10,19H2,1H3. The van der Waals surface area contributed by atoms with Gasteiger partial charge in [0.2, 0.25) is 5.78 Å². The van der Waals surface area contributed by atoms with Crippen molar-refractivity contribution in [3.8, 4) is 11.1 Å². The van der Waals surface area contributed by atoms with E-state index >= 15 is 0 Å². The van der Waals surface area contributed by atoms with Gasteiger partial charge in [0.1, 0.15) is 0 Å². The van der Waals surface area contributed by atoms with Gasteiger partial charge in [-0.25, -0.2) is 0 Å². The molecule has 1 aliphatic heterocycles. The Bertz CT molecular complexity index is 738. The summed E-state index contributed by atoms with van der Waals surface area (Å²) in [5.41, 5.74) is 11.1. The summed E-state index contributed by atoms with van der Waals surface area (Å²) in [6.07, 6.45) is 1.22. The number of hydrogen-bond donors (Lipinski definition) is 1. The van der Waals surface area contributed by atoms with E-state index in [0.29, 0.717) is 24.1 Å². The molecule has 0 spiro atoms. The van der Waals surface area contributed by atoms with Gasteiger partial charge >= 0.3 is 0 Å². The lowest BCUT2D eigenvalue weighted by atomic mass is 9.86. The second kappa shape index (κ2) is 5.73. The highest BCUT2D eigenvalue weighted by molar-refractivity contribution is 6.35. The molecule has 112 valence electrons. The first kappa shape index (κ1) is 14.5. The summed E-state index contributed by atoms with van der Waals surface area (Å²) in [6.45, 7) is 1.65. The molecule has 0 radical (unpaired) electrons. The van der Waals surface area contributed by atoms with Crippen molar-refractivity contribution < 1.29 is 9.59 Å². The van der Waals surface area contributed by atoms with Gasteiger partial charge < -0.3 is 10.6 Å². The zero-order valence-corrected chi connectivity index (χ0v) is 12.5. The Balaban J connectivity index is 2.27. The van der Waals surface area contributed by atoms with Crippen LogP contribution in [0, 0.1) is 0 Å². The molecule has 0 aromatic heterocycles. The van der Waals surface area contributed by atoms with Crippen molar-refractivity contribution in [3.05, 3.63) is 53.1 Å². The van der Waals surface area contributed by atoms with Crippen LogP contribution in [-0.2, 0) is 17.8 Å². The van der Waals surface area contributed by atoms with Crippen LogP contribution in [0.1, 0.15) is 21.5 Å². The molecule has 0 unspecified atom stereocenters. The molecule has 3 rings (SSSR count). The number of nitrogen functional groups attached to an aromatic ring is 1. The van der Waals surface area contributed by atoms with Gasteiger partial charge in [0.15, 0.2) is 6.29 Å². The lowest BCUT2D eigenvalue weighted by Gasteiger charge is -2.29. The van der Waals surface area contributed by atoms with E-state index < -0.39 is 5.78 Å². The highest BCUT2D eigenvalue weighted by Gasteiger charge is 2.24. The van der Waals surface area contributed by atoms with Gasteiger partial charge in [-0.15, -0.1) is 0 Å². The van der Waals surface area contributed by atoms with Crippen molar-refractivity contribution in [1.29, 1.82) is 0 Å². The fourth-order valence-corrected chi connectivity index (χ4v) is 3.06. The number of carbonyl (C=O) groups excluding carboxylic acids is 2. The predicted molar refractivity (Wildman–Crippen MR) is 86.7 cm³/mol. The number of benzene rings is 2. The molecular formula is C18H18N2O2. The predicted octanol–water partition coefficient (Wildman–Crippen LogP) is 2.31. The molecule has 0 saturated heterocycles. The molecule has 4 heteroatoms. The fraction of sp³-hybridized carbons (Fsp3) is 0.222. The lowest BCUT2D eigenvalue weighted by molar-refractivity contribution is -0.104. The third-order valence-corrected chi connectivity index (χ3v) is 4.22. The van der Waals surface area contributed by atoms with Gasteiger partial charge in [0.05, 0.1) is 0 Å². The molecule has 0 aliphatic carbocycles. The molecule has 1 aliphatic rings. The molecule has 2 aromatic rings. The van der Waals surface area contributed by atoms with Crippen molar-refractivity contribution in [2.45, 2.75) is 13.0 Å². The van der Waals surface area contributed by atoms with Gasteiger partial charge in [-0.2, -0.15) is 0 Å². The summed E-state index contributed by atoms with van der Waals surface area (Å²) in [7, 11) is 2.03. The van der Waals surface area contributed by atoms with Gasteiger partial charge in [0.25, 0.3) is 0 Å². The lowest BCUT2D eigenvalue weighted by Crippen LogP contribution is -2.28. The highest BCUT2D eigenvalue weighted by atomic mass is 16.2. The minimum Gasteiger partial charge on any atom is -0.398 e. The Morgan fingerprint density at radius 2 is 1.95 bits per heavy atom. The first-order valence-corrected chi connectivity index (χ1v) is 7.29. The zero-order chi connectivity index (χ0) is 15.7. The monoisotopic (exact) mass is 294 g/mol. The third kappa shape index (κ3) is 2.42. The maximum Gasteiger partial charge on any atom is 0.227 e. The average molecular weight is 294 g/mol. The summed E-state index contributed by atoms with van der Waals surface area (Å²) in [5.74, 6) is -0.564. The van der Waals surface area contributed by atoms with Crippen LogP contribution in [0.15, 0.2) is 36.4 Å². The van der Waals surface area contributed by atoms with Crippen LogP contribution in [0.25, 0.3) is 11.1 Å². The Morgan fingerprint density at radius 3 is 2.64 bits per heavy atom. The van der Waals surface area contributed by atoms with Crippen LogP contribution in [0.4, 0.5) is 5.69 Å². The molecule has 22 heavy (non-hydrogen) atoms. The van der Waals surface area contributed by atoms with E-state index in [1.165, 1.54) is 5.56 Å².